The van der Waals surface area contributed by atoms with Crippen LogP contribution in [0, 0.1) is 5.92 Å². The van der Waals surface area contributed by atoms with E-state index in [1.54, 1.807) is 36.4 Å². The van der Waals surface area contributed by atoms with Crippen LogP contribution in [0.15, 0.2) is 66.5 Å². The van der Waals surface area contributed by atoms with Crippen LogP contribution in [-0.4, -0.2) is 88.6 Å². The number of aliphatic carboxylic acids is 1. The van der Waals surface area contributed by atoms with Crippen LogP contribution in [-0.2, 0) is 36.8 Å². The Morgan fingerprint density at radius 3 is 2.13 bits per heavy atom. The van der Waals surface area contributed by atoms with Crippen molar-refractivity contribution in [3.8, 4) is 5.75 Å². The van der Waals surface area contributed by atoms with E-state index in [4.69, 9.17) is 5.73 Å². The molecule has 4 atom stereocenters. The smallest absolute Gasteiger partial charge is 0.326 e. The Hall–Kier alpha value is -5.11. The van der Waals surface area contributed by atoms with Crippen LogP contribution in [0.2, 0.25) is 0 Å². The van der Waals surface area contributed by atoms with Gasteiger partial charge in [0, 0.05) is 50.7 Å². The maximum absolute atomic E-state index is 14.2. The number of carboxylic acid groups (broad SMARTS) is 1. The van der Waals surface area contributed by atoms with Gasteiger partial charge in [0.25, 0.3) is 0 Å². The second kappa shape index (κ2) is 26.2. The van der Waals surface area contributed by atoms with Gasteiger partial charge in [-0.1, -0.05) is 107 Å². The summed E-state index contributed by atoms with van der Waals surface area (Å²) >= 11 is 0. The van der Waals surface area contributed by atoms with Gasteiger partial charge >= 0.3 is 5.97 Å². The summed E-state index contributed by atoms with van der Waals surface area (Å²) in [4.78, 5) is 68.7. The van der Waals surface area contributed by atoms with Crippen molar-refractivity contribution >= 4 is 29.6 Å². The first-order valence-corrected chi connectivity index (χ1v) is 22.2. The monoisotopic (exact) mass is 832 g/mol. The van der Waals surface area contributed by atoms with Gasteiger partial charge in [-0.3, -0.25) is 19.2 Å². The number of amides is 4. The molecule has 4 rings (SSSR count). The second-order valence-electron chi connectivity index (χ2n) is 16.5. The zero-order valence-corrected chi connectivity index (χ0v) is 35.5. The molecule has 2 aliphatic rings. The van der Waals surface area contributed by atoms with Gasteiger partial charge in [-0.25, -0.2) is 4.79 Å². The van der Waals surface area contributed by atoms with E-state index < -0.39 is 47.9 Å². The highest BCUT2D eigenvalue weighted by molar-refractivity contribution is 5.94. The van der Waals surface area contributed by atoms with E-state index >= 15 is 0 Å². The SMILES string of the molecule is CCCCCCCC(=O)NCCCCC(NC(=O)C(N)CC1=CNCN1CCC1CCCCC1)C(=O)NC(Cc1ccccc1)C(=O)NC(Cc1ccc(O)cc1)C(=O)O. The van der Waals surface area contributed by atoms with Crippen molar-refractivity contribution in [3.05, 3.63) is 77.6 Å². The number of hydrogen-bond donors (Lipinski definition) is 8. The predicted octanol–water partition coefficient (Wildman–Crippen LogP) is 4.76. The van der Waals surface area contributed by atoms with E-state index in [-0.39, 0.29) is 37.3 Å². The van der Waals surface area contributed by atoms with Gasteiger partial charge in [0.15, 0.2) is 0 Å². The first-order chi connectivity index (χ1) is 29.0. The molecule has 1 aliphatic carbocycles. The first-order valence-electron chi connectivity index (χ1n) is 22.2. The van der Waals surface area contributed by atoms with E-state index in [1.165, 1.54) is 44.2 Å². The zero-order chi connectivity index (χ0) is 43.1. The average Bonchev–Trinajstić information content (AvgIpc) is 3.69. The molecule has 60 heavy (non-hydrogen) atoms. The molecule has 14 nitrogen and oxygen atoms in total. The number of carbonyl (C=O) groups excluding carboxylic acids is 4. The van der Waals surface area contributed by atoms with Gasteiger partial charge in [-0.15, -0.1) is 0 Å². The van der Waals surface area contributed by atoms with Gasteiger partial charge in [0.2, 0.25) is 23.6 Å². The molecule has 1 saturated carbocycles. The number of phenols is 1. The van der Waals surface area contributed by atoms with Crippen molar-refractivity contribution in [1.29, 1.82) is 0 Å². The molecule has 9 N–H and O–H groups in total. The Morgan fingerprint density at radius 2 is 1.42 bits per heavy atom. The highest BCUT2D eigenvalue weighted by Crippen LogP contribution is 2.27. The number of benzene rings is 2. The minimum atomic E-state index is -1.32. The Labute approximate surface area is 355 Å². The molecule has 4 unspecified atom stereocenters. The predicted molar refractivity (Wildman–Crippen MR) is 232 cm³/mol. The maximum Gasteiger partial charge on any atom is 0.326 e. The van der Waals surface area contributed by atoms with E-state index in [9.17, 15) is 34.2 Å². The summed E-state index contributed by atoms with van der Waals surface area (Å²) in [6.45, 7) is 4.10. The third-order valence-electron chi connectivity index (χ3n) is 11.5. The fraction of sp³-hybridized carbons (Fsp3) is 0.587. The largest absolute Gasteiger partial charge is 0.508 e. The van der Waals surface area contributed by atoms with Crippen LogP contribution >= 0.6 is 0 Å². The summed E-state index contributed by atoms with van der Waals surface area (Å²) in [5, 5.41) is 34.2. The standard InChI is InChI=1S/C46H69N7O7/c1-2-3-4-5-12-20-42(55)49-26-14-13-19-39(50-43(56)38(47)30-36-31-48-32-53(36)27-25-33-15-8-6-9-16-33)44(57)51-40(28-34-17-10-7-11-18-34)45(58)52-41(46(59)60)29-35-21-23-37(54)24-22-35/h7,10-11,17-18,21-24,31,33,38-41,48,54H,2-6,8-9,12-16,19-20,25-30,32,47H2,1H3,(H,49,55)(H,50,56)(H,51,57)(H,52,58)(H,59,60). The summed E-state index contributed by atoms with van der Waals surface area (Å²) in [6.07, 6.45) is 16.6. The van der Waals surface area contributed by atoms with Crippen LogP contribution in [0.4, 0.5) is 0 Å². The molecule has 0 radical (unpaired) electrons. The molecule has 330 valence electrons. The fourth-order valence-corrected chi connectivity index (χ4v) is 7.91. The van der Waals surface area contributed by atoms with E-state index in [2.05, 4.69) is 38.4 Å². The number of hydrogen-bond acceptors (Lipinski definition) is 9. The normalized spacial score (nSPS) is 16.1. The lowest BCUT2D eigenvalue weighted by Crippen LogP contribution is -2.58. The van der Waals surface area contributed by atoms with Gasteiger partial charge in [0.1, 0.15) is 23.9 Å². The Morgan fingerprint density at radius 1 is 0.767 bits per heavy atom. The summed E-state index contributed by atoms with van der Waals surface area (Å²) in [5.74, 6) is -2.35. The number of carbonyl (C=O) groups is 5. The number of nitrogens with two attached hydrogens (primary N) is 1. The second-order valence-corrected chi connectivity index (χ2v) is 16.5. The van der Waals surface area contributed by atoms with Crippen LogP contribution < -0.4 is 32.3 Å². The third kappa shape index (κ3) is 17.2. The molecular weight excluding hydrogens is 763 g/mol. The van der Waals surface area contributed by atoms with Gasteiger partial charge < -0.3 is 47.4 Å². The summed E-state index contributed by atoms with van der Waals surface area (Å²) in [7, 11) is 0. The molecule has 1 aliphatic heterocycles. The van der Waals surface area contributed by atoms with Gasteiger partial charge in [0.05, 0.1) is 12.7 Å². The molecule has 1 heterocycles. The molecule has 0 saturated heterocycles. The van der Waals surface area contributed by atoms with Crippen molar-refractivity contribution in [2.45, 2.75) is 147 Å². The Kier molecular flexibility index (Phi) is 20.8. The van der Waals surface area contributed by atoms with E-state index in [1.807, 2.05) is 12.3 Å². The van der Waals surface area contributed by atoms with Crippen LogP contribution in [0.5, 0.6) is 5.75 Å². The third-order valence-corrected chi connectivity index (χ3v) is 11.5. The van der Waals surface area contributed by atoms with Crippen molar-refractivity contribution in [2.24, 2.45) is 11.7 Å². The Balaban J connectivity index is 1.42. The highest BCUT2D eigenvalue weighted by atomic mass is 16.4. The number of unbranched alkanes of at least 4 members (excludes halogenated alkanes) is 5. The minimum Gasteiger partial charge on any atom is -0.508 e. The van der Waals surface area contributed by atoms with E-state index in [0.29, 0.717) is 44.0 Å². The lowest BCUT2D eigenvalue weighted by atomic mass is 9.87. The average molecular weight is 832 g/mol. The van der Waals surface area contributed by atoms with Crippen LogP contribution in [0.25, 0.3) is 0 Å². The molecule has 14 heteroatoms. The number of nitrogens with one attached hydrogen (secondary N) is 5. The molecule has 1 fully saturated rings. The van der Waals surface area contributed by atoms with Crippen molar-refractivity contribution in [1.82, 2.24) is 31.5 Å². The first kappa shape index (κ1) is 47.6. The Bertz CT molecular complexity index is 1670. The van der Waals surface area contributed by atoms with Gasteiger partial charge in [-0.2, -0.15) is 0 Å². The molecular formula is C46H69N7O7. The lowest BCUT2D eigenvalue weighted by molar-refractivity contribution is -0.142. The van der Waals surface area contributed by atoms with Gasteiger partial charge in [-0.05, 0) is 61.3 Å². The molecule has 2 aromatic rings. The lowest BCUT2D eigenvalue weighted by Gasteiger charge is -2.28. The number of nitrogens with zero attached hydrogens (tertiary/aromatic N) is 1. The number of aromatic hydroxyl groups is 1. The minimum absolute atomic E-state index is 0.0107. The molecule has 0 aromatic heterocycles. The van der Waals surface area contributed by atoms with Crippen LogP contribution in [0.1, 0.15) is 121 Å². The molecule has 0 bridgehead atoms. The topological polar surface area (TPSA) is 215 Å². The fourth-order valence-electron chi connectivity index (χ4n) is 7.91. The maximum atomic E-state index is 14.2. The van der Waals surface area contributed by atoms with E-state index in [0.717, 1.165) is 56.3 Å². The van der Waals surface area contributed by atoms with Crippen molar-refractivity contribution in [3.63, 3.8) is 0 Å². The molecule has 4 amide bonds. The van der Waals surface area contributed by atoms with Crippen molar-refractivity contribution in [2.75, 3.05) is 19.8 Å². The summed E-state index contributed by atoms with van der Waals surface area (Å²) in [6, 6.07) is 10.6. The zero-order valence-electron chi connectivity index (χ0n) is 35.5. The van der Waals surface area contributed by atoms with Crippen LogP contribution in [0.3, 0.4) is 0 Å². The van der Waals surface area contributed by atoms with Crippen molar-refractivity contribution < 1.29 is 34.2 Å². The molecule has 0 spiro atoms. The number of rotatable bonds is 27. The summed E-state index contributed by atoms with van der Waals surface area (Å²) in [5.41, 5.74) is 8.77. The molecule has 2 aromatic carbocycles. The number of carboxylic acids is 1. The summed E-state index contributed by atoms with van der Waals surface area (Å²) < 4.78 is 0. The highest BCUT2D eigenvalue weighted by Gasteiger charge is 2.31. The number of phenolic OH excluding ortho intramolecular Hbond substituents is 1. The quantitative estimate of drug-likeness (QED) is 0.0579.